The third kappa shape index (κ3) is 3.33. The van der Waals surface area contributed by atoms with E-state index in [0.29, 0.717) is 6.54 Å². The summed E-state index contributed by atoms with van der Waals surface area (Å²) in [5.41, 5.74) is 7.38. The van der Waals surface area contributed by atoms with Crippen LogP contribution in [0.25, 0.3) is 0 Å². The Balaban J connectivity index is 1.86. The van der Waals surface area contributed by atoms with E-state index in [1.54, 1.807) is 0 Å². The Hall–Kier alpha value is -1.35. The molecule has 3 nitrogen and oxygen atoms in total. The van der Waals surface area contributed by atoms with Crippen LogP contribution >= 0.6 is 0 Å². The fourth-order valence-corrected chi connectivity index (χ4v) is 2.38. The van der Waals surface area contributed by atoms with Crippen molar-refractivity contribution in [1.29, 1.82) is 0 Å². The summed E-state index contributed by atoms with van der Waals surface area (Å²) in [6.45, 7) is 1.37. The Morgan fingerprint density at radius 2 is 2.11 bits per heavy atom. The number of carbonyl (C=O) groups excluding carboxylic acids is 1. The van der Waals surface area contributed by atoms with Crippen LogP contribution in [-0.4, -0.2) is 19.0 Å². The molecule has 18 heavy (non-hydrogen) atoms. The molecule has 1 aliphatic rings. The highest BCUT2D eigenvalue weighted by atomic mass is 16.1. The van der Waals surface area contributed by atoms with Crippen molar-refractivity contribution in [3.05, 3.63) is 35.4 Å². The van der Waals surface area contributed by atoms with Gasteiger partial charge in [0.05, 0.1) is 0 Å². The first-order chi connectivity index (χ1) is 8.81. The number of hydrogen-bond donors (Lipinski definition) is 2. The number of rotatable bonds is 6. The van der Waals surface area contributed by atoms with Gasteiger partial charge in [0.25, 0.3) is 5.91 Å². The van der Waals surface area contributed by atoms with Gasteiger partial charge in [-0.2, -0.15) is 0 Å². The van der Waals surface area contributed by atoms with E-state index in [9.17, 15) is 4.79 Å². The van der Waals surface area contributed by atoms with Crippen LogP contribution in [0.5, 0.6) is 0 Å². The van der Waals surface area contributed by atoms with E-state index in [2.05, 4.69) is 5.32 Å². The molecular weight excluding hydrogens is 224 g/mol. The minimum atomic E-state index is 0.0402. The highest BCUT2D eigenvalue weighted by molar-refractivity contribution is 5.95. The summed E-state index contributed by atoms with van der Waals surface area (Å²) in [4.78, 5) is 12.1. The van der Waals surface area contributed by atoms with Gasteiger partial charge in [-0.1, -0.05) is 37.5 Å². The van der Waals surface area contributed by atoms with Gasteiger partial charge in [-0.3, -0.25) is 4.79 Å². The number of carbonyl (C=O) groups is 1. The van der Waals surface area contributed by atoms with Crippen molar-refractivity contribution in [1.82, 2.24) is 5.32 Å². The molecule has 0 heterocycles. The molecule has 0 unspecified atom stereocenters. The zero-order valence-corrected chi connectivity index (χ0v) is 10.8. The Kier molecular flexibility index (Phi) is 4.76. The molecule has 0 saturated heterocycles. The van der Waals surface area contributed by atoms with Gasteiger partial charge >= 0.3 is 0 Å². The average molecular weight is 246 g/mol. The maximum absolute atomic E-state index is 12.1. The summed E-state index contributed by atoms with van der Waals surface area (Å²) in [6.07, 6.45) is 5.90. The van der Waals surface area contributed by atoms with Crippen molar-refractivity contribution in [2.75, 3.05) is 13.1 Å². The first kappa shape index (κ1) is 13.1. The molecule has 1 fully saturated rings. The minimum absolute atomic E-state index is 0.0402. The maximum Gasteiger partial charge on any atom is 0.251 e. The molecule has 3 heteroatoms. The van der Waals surface area contributed by atoms with Gasteiger partial charge in [0.2, 0.25) is 0 Å². The minimum Gasteiger partial charge on any atom is -0.352 e. The van der Waals surface area contributed by atoms with Crippen LogP contribution in [0.1, 0.15) is 41.6 Å². The van der Waals surface area contributed by atoms with E-state index in [4.69, 9.17) is 5.73 Å². The Morgan fingerprint density at radius 1 is 1.33 bits per heavy atom. The van der Waals surface area contributed by atoms with Crippen molar-refractivity contribution >= 4 is 5.91 Å². The summed E-state index contributed by atoms with van der Waals surface area (Å²) in [5.74, 6) is 0.878. The van der Waals surface area contributed by atoms with Crippen LogP contribution in [-0.2, 0) is 6.42 Å². The summed E-state index contributed by atoms with van der Waals surface area (Å²) < 4.78 is 0. The monoisotopic (exact) mass is 246 g/mol. The normalized spacial score (nSPS) is 15.2. The number of amides is 1. The summed E-state index contributed by atoms with van der Waals surface area (Å²) >= 11 is 0. The van der Waals surface area contributed by atoms with Crippen molar-refractivity contribution in [3.8, 4) is 0 Å². The lowest BCUT2D eigenvalue weighted by Crippen LogP contribution is -2.28. The summed E-state index contributed by atoms with van der Waals surface area (Å²) in [5, 5.41) is 3.02. The van der Waals surface area contributed by atoms with E-state index >= 15 is 0 Å². The van der Waals surface area contributed by atoms with Gasteiger partial charge in [-0.25, -0.2) is 0 Å². The fourth-order valence-electron chi connectivity index (χ4n) is 2.38. The molecule has 1 aliphatic carbocycles. The van der Waals surface area contributed by atoms with Gasteiger partial charge < -0.3 is 11.1 Å². The lowest BCUT2D eigenvalue weighted by atomic mass is 9.83. The van der Waals surface area contributed by atoms with Crippen molar-refractivity contribution < 1.29 is 4.79 Å². The number of nitrogens with two attached hydrogens (primary N) is 1. The largest absolute Gasteiger partial charge is 0.352 e. The number of benzene rings is 1. The molecule has 1 amide bonds. The molecule has 0 spiro atoms. The van der Waals surface area contributed by atoms with Crippen LogP contribution in [0.2, 0.25) is 0 Å². The molecule has 3 N–H and O–H groups in total. The second-order valence-corrected chi connectivity index (χ2v) is 5.04. The zero-order chi connectivity index (χ0) is 12.8. The third-order valence-corrected chi connectivity index (χ3v) is 3.74. The molecule has 0 aliphatic heterocycles. The van der Waals surface area contributed by atoms with E-state index in [-0.39, 0.29) is 5.91 Å². The smallest absolute Gasteiger partial charge is 0.251 e. The van der Waals surface area contributed by atoms with Crippen molar-refractivity contribution in [2.45, 2.75) is 32.1 Å². The third-order valence-electron chi connectivity index (χ3n) is 3.74. The number of nitrogens with one attached hydrogen (secondary N) is 1. The standard InChI is InChI=1S/C15H22N2O/c16-10-8-13-6-1-2-7-14(13)15(18)17-11-9-12-4-3-5-12/h1-2,6-7,12H,3-5,8-11,16H2,(H,17,18). The van der Waals surface area contributed by atoms with Crippen molar-refractivity contribution in [2.24, 2.45) is 11.7 Å². The highest BCUT2D eigenvalue weighted by Gasteiger charge is 2.17. The van der Waals surface area contributed by atoms with Crippen molar-refractivity contribution in [3.63, 3.8) is 0 Å². The molecule has 0 radical (unpaired) electrons. The molecule has 0 aromatic heterocycles. The quantitative estimate of drug-likeness (QED) is 0.807. The SMILES string of the molecule is NCCc1ccccc1C(=O)NCCC1CCC1. The first-order valence-electron chi connectivity index (χ1n) is 6.87. The van der Waals surface area contributed by atoms with Gasteiger partial charge in [-0.15, -0.1) is 0 Å². The van der Waals surface area contributed by atoms with Crippen LogP contribution < -0.4 is 11.1 Å². The Labute approximate surface area is 109 Å². The van der Waals surface area contributed by atoms with Gasteiger partial charge in [0.1, 0.15) is 0 Å². The fraction of sp³-hybridized carbons (Fsp3) is 0.533. The molecular formula is C15H22N2O. The summed E-state index contributed by atoms with van der Waals surface area (Å²) in [6, 6.07) is 7.72. The molecule has 0 atom stereocenters. The average Bonchev–Trinajstić information content (AvgIpc) is 2.33. The van der Waals surface area contributed by atoms with E-state index < -0.39 is 0 Å². The second-order valence-electron chi connectivity index (χ2n) is 5.04. The topological polar surface area (TPSA) is 55.1 Å². The molecule has 1 aromatic rings. The van der Waals surface area contributed by atoms with E-state index in [0.717, 1.165) is 36.4 Å². The summed E-state index contributed by atoms with van der Waals surface area (Å²) in [7, 11) is 0. The predicted molar refractivity (Wildman–Crippen MR) is 73.5 cm³/mol. The van der Waals surface area contributed by atoms with Crippen LogP contribution in [0.4, 0.5) is 0 Å². The lowest BCUT2D eigenvalue weighted by Gasteiger charge is -2.25. The van der Waals surface area contributed by atoms with Gasteiger partial charge in [-0.05, 0) is 36.9 Å². The van der Waals surface area contributed by atoms with Crippen LogP contribution in [0, 0.1) is 5.92 Å². The molecule has 98 valence electrons. The number of hydrogen-bond acceptors (Lipinski definition) is 2. The first-order valence-corrected chi connectivity index (χ1v) is 6.87. The molecule has 1 saturated carbocycles. The Morgan fingerprint density at radius 3 is 2.78 bits per heavy atom. The lowest BCUT2D eigenvalue weighted by molar-refractivity contribution is 0.0948. The van der Waals surface area contributed by atoms with Crippen LogP contribution in [0.3, 0.4) is 0 Å². The molecule has 0 bridgehead atoms. The molecule has 1 aromatic carbocycles. The maximum atomic E-state index is 12.1. The van der Waals surface area contributed by atoms with Gasteiger partial charge in [0.15, 0.2) is 0 Å². The second kappa shape index (κ2) is 6.55. The van der Waals surface area contributed by atoms with E-state index in [1.807, 2.05) is 24.3 Å². The van der Waals surface area contributed by atoms with E-state index in [1.165, 1.54) is 19.3 Å². The Bertz CT molecular complexity index is 399. The van der Waals surface area contributed by atoms with Gasteiger partial charge in [0, 0.05) is 12.1 Å². The molecule has 2 rings (SSSR count). The van der Waals surface area contributed by atoms with Crippen LogP contribution in [0.15, 0.2) is 24.3 Å². The predicted octanol–water partition coefficient (Wildman–Crippen LogP) is 2.11. The zero-order valence-electron chi connectivity index (χ0n) is 10.8. The highest BCUT2D eigenvalue weighted by Crippen LogP contribution is 2.28.